The Hall–Kier alpha value is -1.72. The summed E-state index contributed by atoms with van der Waals surface area (Å²) in [4.78, 5) is 28.5. The zero-order valence-electron chi connectivity index (χ0n) is 13.8. The van der Waals surface area contributed by atoms with Crippen molar-refractivity contribution < 1.29 is 9.59 Å². The van der Waals surface area contributed by atoms with E-state index in [0.29, 0.717) is 5.69 Å². The standard InChI is InChI=1S/C18H25N3O2/c1-14-5-7-15(8-6-14)21-17(22)13-16(18(21)23)19-9-12-20-10-3-2-4-11-20/h5-8,16,19H,2-4,9-13H2,1H3/t16-/m0/s1. The Bertz CT molecular complexity index is 564. The third-order valence-corrected chi connectivity index (χ3v) is 4.71. The fourth-order valence-corrected chi connectivity index (χ4v) is 3.34. The largest absolute Gasteiger partial charge is 0.304 e. The Morgan fingerprint density at radius 3 is 2.48 bits per heavy atom. The molecule has 5 nitrogen and oxygen atoms in total. The van der Waals surface area contributed by atoms with E-state index in [2.05, 4.69) is 10.2 Å². The number of hydrogen-bond donors (Lipinski definition) is 1. The summed E-state index contributed by atoms with van der Waals surface area (Å²) in [5.41, 5.74) is 1.79. The minimum Gasteiger partial charge on any atom is -0.304 e. The summed E-state index contributed by atoms with van der Waals surface area (Å²) in [5, 5.41) is 3.27. The van der Waals surface area contributed by atoms with Gasteiger partial charge in [0.05, 0.1) is 18.2 Å². The van der Waals surface area contributed by atoms with Gasteiger partial charge in [0, 0.05) is 13.1 Å². The molecule has 1 aromatic rings. The molecular weight excluding hydrogens is 290 g/mol. The highest BCUT2D eigenvalue weighted by atomic mass is 16.2. The Morgan fingerprint density at radius 2 is 1.78 bits per heavy atom. The molecule has 3 rings (SSSR count). The Balaban J connectivity index is 1.54. The predicted molar refractivity (Wildman–Crippen MR) is 90.4 cm³/mol. The van der Waals surface area contributed by atoms with Gasteiger partial charge in [-0.2, -0.15) is 0 Å². The molecule has 0 unspecified atom stereocenters. The summed E-state index contributed by atoms with van der Waals surface area (Å²) in [7, 11) is 0. The first kappa shape index (κ1) is 16.1. The van der Waals surface area contributed by atoms with Crippen LogP contribution in [0.4, 0.5) is 5.69 Å². The van der Waals surface area contributed by atoms with Crippen LogP contribution in [0.15, 0.2) is 24.3 Å². The lowest BCUT2D eigenvalue weighted by atomic mass is 10.1. The van der Waals surface area contributed by atoms with Gasteiger partial charge in [-0.1, -0.05) is 24.1 Å². The van der Waals surface area contributed by atoms with E-state index in [0.717, 1.165) is 31.7 Å². The van der Waals surface area contributed by atoms with Crippen molar-refractivity contribution in [2.45, 2.75) is 38.6 Å². The second-order valence-electron chi connectivity index (χ2n) is 6.52. The van der Waals surface area contributed by atoms with Gasteiger partial charge in [0.15, 0.2) is 0 Å². The van der Waals surface area contributed by atoms with Gasteiger partial charge in [-0.05, 0) is 45.0 Å². The van der Waals surface area contributed by atoms with E-state index < -0.39 is 0 Å². The minimum absolute atomic E-state index is 0.116. The Morgan fingerprint density at radius 1 is 1.09 bits per heavy atom. The molecule has 0 spiro atoms. The van der Waals surface area contributed by atoms with Gasteiger partial charge in [0.2, 0.25) is 5.91 Å². The lowest BCUT2D eigenvalue weighted by Gasteiger charge is -2.26. The van der Waals surface area contributed by atoms with Crippen molar-refractivity contribution in [1.82, 2.24) is 10.2 Å². The van der Waals surface area contributed by atoms with Crippen LogP contribution in [-0.2, 0) is 9.59 Å². The molecule has 2 fully saturated rings. The number of carbonyl (C=O) groups is 2. The first-order valence-corrected chi connectivity index (χ1v) is 8.54. The molecule has 2 saturated heterocycles. The summed E-state index contributed by atoms with van der Waals surface area (Å²) in [6, 6.07) is 7.14. The maximum absolute atomic E-state index is 12.5. The van der Waals surface area contributed by atoms with Gasteiger partial charge in [-0.3, -0.25) is 9.59 Å². The van der Waals surface area contributed by atoms with Crippen LogP contribution in [0.3, 0.4) is 0 Å². The van der Waals surface area contributed by atoms with E-state index in [1.807, 2.05) is 31.2 Å². The number of amides is 2. The highest BCUT2D eigenvalue weighted by molar-refractivity contribution is 6.22. The van der Waals surface area contributed by atoms with E-state index in [1.165, 1.54) is 24.2 Å². The summed E-state index contributed by atoms with van der Waals surface area (Å²) < 4.78 is 0. The van der Waals surface area contributed by atoms with Crippen molar-refractivity contribution in [1.29, 1.82) is 0 Å². The predicted octanol–water partition coefficient (Wildman–Crippen LogP) is 1.70. The molecule has 0 bridgehead atoms. The molecule has 1 atom stereocenters. The number of aryl methyl sites for hydroxylation is 1. The Kier molecular flexibility index (Phi) is 5.08. The maximum Gasteiger partial charge on any atom is 0.251 e. The third kappa shape index (κ3) is 3.79. The number of rotatable bonds is 5. The van der Waals surface area contributed by atoms with E-state index in [4.69, 9.17) is 0 Å². The SMILES string of the molecule is Cc1ccc(N2C(=O)C[C@H](NCCN3CCCCC3)C2=O)cc1. The molecule has 0 radical (unpaired) electrons. The van der Waals surface area contributed by atoms with E-state index in [9.17, 15) is 9.59 Å². The number of hydrogen-bond acceptors (Lipinski definition) is 4. The lowest BCUT2D eigenvalue weighted by Crippen LogP contribution is -2.43. The van der Waals surface area contributed by atoms with Crippen LogP contribution >= 0.6 is 0 Å². The Labute approximate surface area is 137 Å². The first-order valence-electron chi connectivity index (χ1n) is 8.54. The zero-order chi connectivity index (χ0) is 16.2. The van der Waals surface area contributed by atoms with Gasteiger partial charge in [0.1, 0.15) is 0 Å². The maximum atomic E-state index is 12.5. The average molecular weight is 315 g/mol. The smallest absolute Gasteiger partial charge is 0.251 e. The quantitative estimate of drug-likeness (QED) is 0.841. The number of likely N-dealkylation sites (tertiary alicyclic amines) is 1. The van der Waals surface area contributed by atoms with Gasteiger partial charge >= 0.3 is 0 Å². The summed E-state index contributed by atoms with van der Waals surface area (Å²) in [6.07, 6.45) is 4.11. The molecule has 1 N–H and O–H groups in total. The van der Waals surface area contributed by atoms with Crippen molar-refractivity contribution in [3.05, 3.63) is 29.8 Å². The number of benzene rings is 1. The number of imide groups is 1. The second-order valence-corrected chi connectivity index (χ2v) is 6.52. The molecule has 0 aliphatic carbocycles. The lowest BCUT2D eigenvalue weighted by molar-refractivity contribution is -0.121. The molecule has 0 aromatic heterocycles. The van der Waals surface area contributed by atoms with Gasteiger partial charge in [-0.25, -0.2) is 4.90 Å². The van der Waals surface area contributed by atoms with Crippen LogP contribution in [0.25, 0.3) is 0 Å². The normalized spacial score (nSPS) is 22.8. The highest BCUT2D eigenvalue weighted by Crippen LogP contribution is 2.23. The van der Waals surface area contributed by atoms with Crippen LogP contribution < -0.4 is 10.2 Å². The number of carbonyl (C=O) groups excluding carboxylic acids is 2. The van der Waals surface area contributed by atoms with Crippen molar-refractivity contribution in [2.24, 2.45) is 0 Å². The fraction of sp³-hybridized carbons (Fsp3) is 0.556. The third-order valence-electron chi connectivity index (χ3n) is 4.71. The fourth-order valence-electron chi connectivity index (χ4n) is 3.34. The average Bonchev–Trinajstić information content (AvgIpc) is 2.84. The molecule has 23 heavy (non-hydrogen) atoms. The number of nitrogens with one attached hydrogen (secondary N) is 1. The van der Waals surface area contributed by atoms with Crippen molar-refractivity contribution in [3.63, 3.8) is 0 Å². The van der Waals surface area contributed by atoms with Crippen molar-refractivity contribution in [3.8, 4) is 0 Å². The van der Waals surface area contributed by atoms with Crippen molar-refractivity contribution >= 4 is 17.5 Å². The van der Waals surface area contributed by atoms with Crippen molar-refractivity contribution in [2.75, 3.05) is 31.1 Å². The molecule has 5 heteroatoms. The van der Waals surface area contributed by atoms with Crippen LogP contribution in [-0.4, -0.2) is 48.9 Å². The van der Waals surface area contributed by atoms with Crippen LogP contribution in [0, 0.1) is 6.92 Å². The molecule has 2 aliphatic rings. The van der Waals surface area contributed by atoms with Crippen LogP contribution in [0.5, 0.6) is 0 Å². The highest BCUT2D eigenvalue weighted by Gasteiger charge is 2.39. The molecule has 2 heterocycles. The first-order chi connectivity index (χ1) is 11.1. The summed E-state index contributed by atoms with van der Waals surface area (Å²) >= 11 is 0. The van der Waals surface area contributed by atoms with E-state index in [1.54, 1.807) is 0 Å². The van der Waals surface area contributed by atoms with Crippen LogP contribution in [0.2, 0.25) is 0 Å². The van der Waals surface area contributed by atoms with E-state index in [-0.39, 0.29) is 24.3 Å². The minimum atomic E-state index is -0.381. The monoisotopic (exact) mass is 315 g/mol. The number of nitrogens with zero attached hydrogens (tertiary/aromatic N) is 2. The van der Waals surface area contributed by atoms with Crippen LogP contribution in [0.1, 0.15) is 31.2 Å². The molecule has 1 aromatic carbocycles. The van der Waals surface area contributed by atoms with Gasteiger partial charge < -0.3 is 10.2 Å². The summed E-state index contributed by atoms with van der Waals surface area (Å²) in [5.74, 6) is -0.244. The molecular formula is C18H25N3O2. The van der Waals surface area contributed by atoms with Gasteiger partial charge in [-0.15, -0.1) is 0 Å². The van der Waals surface area contributed by atoms with Gasteiger partial charge in [0.25, 0.3) is 5.91 Å². The van der Waals surface area contributed by atoms with E-state index >= 15 is 0 Å². The molecule has 2 amide bonds. The number of piperidine rings is 1. The summed E-state index contributed by atoms with van der Waals surface area (Å²) in [6.45, 7) is 5.99. The topological polar surface area (TPSA) is 52.7 Å². The molecule has 0 saturated carbocycles. The zero-order valence-corrected chi connectivity index (χ0v) is 13.8. The second kappa shape index (κ2) is 7.23. The number of anilines is 1. The molecule has 2 aliphatic heterocycles. The molecule has 124 valence electrons.